The molecule has 0 unspecified atom stereocenters. The molecular formula is C48H31NO. The number of nitrogens with zero attached hydrogens (tertiary/aromatic N) is 1. The maximum Gasteiger partial charge on any atom is 0.137 e. The first-order chi connectivity index (χ1) is 24.8. The highest BCUT2D eigenvalue weighted by atomic mass is 16.3. The van der Waals surface area contributed by atoms with Crippen molar-refractivity contribution in [2.24, 2.45) is 0 Å². The van der Waals surface area contributed by atoms with Gasteiger partial charge in [-0.3, -0.25) is 0 Å². The zero-order chi connectivity index (χ0) is 33.0. The Morgan fingerprint density at radius 1 is 0.340 bits per heavy atom. The Morgan fingerprint density at radius 3 is 1.70 bits per heavy atom. The van der Waals surface area contributed by atoms with Crippen molar-refractivity contribution in [1.82, 2.24) is 0 Å². The molecule has 1 heterocycles. The first kappa shape index (κ1) is 28.4. The predicted molar refractivity (Wildman–Crippen MR) is 212 cm³/mol. The van der Waals surface area contributed by atoms with Crippen LogP contribution in [0.15, 0.2) is 192 Å². The molecule has 0 aliphatic carbocycles. The van der Waals surface area contributed by atoms with E-state index in [9.17, 15) is 0 Å². The van der Waals surface area contributed by atoms with E-state index in [1.165, 1.54) is 54.6 Å². The first-order valence-corrected chi connectivity index (χ1v) is 17.1. The summed E-state index contributed by atoms with van der Waals surface area (Å²) in [6.45, 7) is 0. The Balaban J connectivity index is 1.13. The highest BCUT2D eigenvalue weighted by Crippen LogP contribution is 2.46. The monoisotopic (exact) mass is 637 g/mol. The number of hydrogen-bond donors (Lipinski definition) is 0. The van der Waals surface area contributed by atoms with Crippen LogP contribution in [0.4, 0.5) is 17.1 Å². The van der Waals surface area contributed by atoms with E-state index in [-0.39, 0.29) is 0 Å². The van der Waals surface area contributed by atoms with Crippen molar-refractivity contribution in [3.05, 3.63) is 188 Å². The molecule has 0 saturated heterocycles. The Bertz CT molecular complexity index is 2860. The van der Waals surface area contributed by atoms with Crippen LogP contribution in [0.1, 0.15) is 0 Å². The fourth-order valence-corrected chi connectivity index (χ4v) is 7.69. The van der Waals surface area contributed by atoms with E-state index in [0.29, 0.717) is 0 Å². The van der Waals surface area contributed by atoms with Gasteiger partial charge in [-0.2, -0.15) is 0 Å². The molecule has 0 bridgehead atoms. The zero-order valence-electron chi connectivity index (χ0n) is 27.3. The topological polar surface area (TPSA) is 16.4 Å². The number of rotatable bonds is 5. The maximum atomic E-state index is 6.39. The Morgan fingerprint density at radius 2 is 0.900 bits per heavy atom. The van der Waals surface area contributed by atoms with Crippen LogP contribution < -0.4 is 4.90 Å². The lowest BCUT2D eigenvalue weighted by Crippen LogP contribution is -2.11. The van der Waals surface area contributed by atoms with Crippen LogP contribution in [-0.4, -0.2) is 0 Å². The summed E-state index contributed by atoms with van der Waals surface area (Å²) in [7, 11) is 0. The van der Waals surface area contributed by atoms with Crippen molar-refractivity contribution in [3.8, 4) is 22.3 Å². The molecule has 2 nitrogen and oxygen atoms in total. The Hall–Kier alpha value is -6.64. The largest absolute Gasteiger partial charge is 0.456 e. The van der Waals surface area contributed by atoms with E-state index < -0.39 is 0 Å². The molecule has 10 rings (SSSR count). The van der Waals surface area contributed by atoms with Crippen molar-refractivity contribution in [1.29, 1.82) is 0 Å². The van der Waals surface area contributed by atoms with E-state index in [0.717, 1.165) is 39.0 Å². The van der Waals surface area contributed by atoms with E-state index in [4.69, 9.17) is 4.42 Å². The molecular weight excluding hydrogens is 607 g/mol. The lowest BCUT2D eigenvalue weighted by molar-refractivity contribution is 0.669. The van der Waals surface area contributed by atoms with E-state index >= 15 is 0 Å². The second-order valence-electron chi connectivity index (χ2n) is 12.9. The van der Waals surface area contributed by atoms with Crippen LogP contribution in [0.25, 0.3) is 76.5 Å². The summed E-state index contributed by atoms with van der Waals surface area (Å²) in [6, 6.07) is 67.5. The van der Waals surface area contributed by atoms with Gasteiger partial charge in [-0.1, -0.05) is 152 Å². The molecule has 0 aliphatic rings. The van der Waals surface area contributed by atoms with Crippen LogP contribution in [0.3, 0.4) is 0 Å². The molecule has 0 fully saturated rings. The second kappa shape index (κ2) is 11.5. The molecule has 50 heavy (non-hydrogen) atoms. The quantitative estimate of drug-likeness (QED) is 0.175. The second-order valence-corrected chi connectivity index (χ2v) is 12.9. The fraction of sp³-hybridized carbons (Fsp3) is 0. The van der Waals surface area contributed by atoms with Crippen LogP contribution in [0.5, 0.6) is 0 Å². The summed E-state index contributed by atoms with van der Waals surface area (Å²) in [6.07, 6.45) is 0. The van der Waals surface area contributed by atoms with Crippen LogP contribution in [0, 0.1) is 0 Å². The van der Waals surface area contributed by atoms with Crippen LogP contribution in [0.2, 0.25) is 0 Å². The molecule has 0 spiro atoms. The number of anilines is 3. The molecule has 9 aromatic carbocycles. The molecule has 0 atom stereocenters. The molecule has 10 aromatic rings. The van der Waals surface area contributed by atoms with Gasteiger partial charge in [0.15, 0.2) is 0 Å². The van der Waals surface area contributed by atoms with E-state index in [1.54, 1.807) is 0 Å². The first-order valence-electron chi connectivity index (χ1n) is 17.1. The minimum Gasteiger partial charge on any atom is -0.456 e. The van der Waals surface area contributed by atoms with Crippen LogP contribution >= 0.6 is 0 Å². The molecule has 1 aromatic heterocycles. The van der Waals surface area contributed by atoms with Gasteiger partial charge in [0.1, 0.15) is 11.2 Å². The predicted octanol–water partition coefficient (Wildman–Crippen LogP) is 13.8. The van der Waals surface area contributed by atoms with Gasteiger partial charge in [0.25, 0.3) is 0 Å². The summed E-state index contributed by atoms with van der Waals surface area (Å²) in [5.41, 5.74) is 9.90. The van der Waals surface area contributed by atoms with Gasteiger partial charge >= 0.3 is 0 Å². The smallest absolute Gasteiger partial charge is 0.137 e. The number of fused-ring (bicyclic) bond motifs is 7. The van der Waals surface area contributed by atoms with E-state index in [2.05, 4.69) is 187 Å². The lowest BCUT2D eigenvalue weighted by atomic mass is 9.96. The molecule has 2 heteroatoms. The highest BCUT2D eigenvalue weighted by molar-refractivity contribution is 6.18. The summed E-state index contributed by atoms with van der Waals surface area (Å²) in [4.78, 5) is 2.41. The number of para-hydroxylation sites is 1. The van der Waals surface area contributed by atoms with Crippen molar-refractivity contribution < 1.29 is 4.42 Å². The zero-order valence-corrected chi connectivity index (χ0v) is 27.3. The van der Waals surface area contributed by atoms with Gasteiger partial charge in [-0.15, -0.1) is 0 Å². The molecule has 0 amide bonds. The average Bonchev–Trinajstić information content (AvgIpc) is 3.58. The molecule has 0 saturated carbocycles. The fourth-order valence-electron chi connectivity index (χ4n) is 7.69. The lowest BCUT2D eigenvalue weighted by Gasteiger charge is -2.28. The number of hydrogen-bond acceptors (Lipinski definition) is 2. The van der Waals surface area contributed by atoms with Gasteiger partial charge < -0.3 is 9.32 Å². The van der Waals surface area contributed by atoms with Crippen molar-refractivity contribution in [2.75, 3.05) is 4.90 Å². The average molecular weight is 638 g/mol. The molecule has 234 valence electrons. The van der Waals surface area contributed by atoms with Gasteiger partial charge in [0.2, 0.25) is 0 Å². The molecule has 0 radical (unpaired) electrons. The summed E-state index contributed by atoms with van der Waals surface area (Å²) in [5, 5.41) is 9.63. The SMILES string of the molecule is c1ccc2c(-c3ccc(-c4ccc(N(c5cc6ccccc6c6ccccc56)c5cccc6oc7ccccc7c56)cc4)cc3)cccc2c1. The number of benzene rings is 9. The van der Waals surface area contributed by atoms with Gasteiger partial charge in [-0.05, 0) is 85.6 Å². The summed E-state index contributed by atoms with van der Waals surface area (Å²) < 4.78 is 6.39. The van der Waals surface area contributed by atoms with Gasteiger partial charge in [0, 0.05) is 16.5 Å². The van der Waals surface area contributed by atoms with Crippen molar-refractivity contribution in [3.63, 3.8) is 0 Å². The third-order valence-corrected chi connectivity index (χ3v) is 10.1. The number of furan rings is 1. The van der Waals surface area contributed by atoms with E-state index in [1.807, 2.05) is 6.07 Å². The summed E-state index contributed by atoms with van der Waals surface area (Å²) >= 11 is 0. The van der Waals surface area contributed by atoms with Crippen LogP contribution in [-0.2, 0) is 0 Å². The summed E-state index contributed by atoms with van der Waals surface area (Å²) in [5.74, 6) is 0. The standard InChI is InChI=1S/C48H31NO/c1-3-14-38-34(11-1)13-9-19-39(38)35-25-23-32(24-26-35)33-27-29-37(30-28-33)49(44-20-10-22-47-48(44)43-18-7-8-21-46(43)50-47)45-31-36-12-2-4-15-40(36)41-16-5-6-17-42(41)45/h1-31H. The minimum atomic E-state index is 0.877. The van der Waals surface area contributed by atoms with Crippen molar-refractivity contribution >= 4 is 71.3 Å². The van der Waals surface area contributed by atoms with Crippen molar-refractivity contribution in [2.45, 2.75) is 0 Å². The van der Waals surface area contributed by atoms with Gasteiger partial charge in [0.05, 0.1) is 16.8 Å². The van der Waals surface area contributed by atoms with Gasteiger partial charge in [-0.25, -0.2) is 0 Å². The highest BCUT2D eigenvalue weighted by Gasteiger charge is 2.22. The third kappa shape index (κ3) is 4.57. The molecule has 0 aliphatic heterocycles. The Kier molecular flexibility index (Phi) is 6.53. The maximum absolute atomic E-state index is 6.39. The third-order valence-electron chi connectivity index (χ3n) is 10.1. The minimum absolute atomic E-state index is 0.877. The Labute approximate surface area is 290 Å². The normalized spacial score (nSPS) is 11.6. The molecule has 0 N–H and O–H groups in total.